The summed E-state index contributed by atoms with van der Waals surface area (Å²) in [5.74, 6) is -0.817. The van der Waals surface area contributed by atoms with Gasteiger partial charge >= 0.3 is 0 Å². The molecule has 0 saturated carbocycles. The van der Waals surface area contributed by atoms with Gasteiger partial charge in [0.05, 0.1) is 42.5 Å². The van der Waals surface area contributed by atoms with Gasteiger partial charge in [0, 0.05) is 11.8 Å². The maximum absolute atomic E-state index is 13.4. The molecule has 0 aliphatic carbocycles. The lowest BCUT2D eigenvalue weighted by Gasteiger charge is -2.26. The number of rotatable bonds is 7. The van der Waals surface area contributed by atoms with Crippen LogP contribution in [-0.4, -0.2) is 37.1 Å². The minimum atomic E-state index is -0.896. The Hall–Kier alpha value is -3.97. The molecule has 1 amide bonds. The van der Waals surface area contributed by atoms with E-state index >= 15 is 0 Å². The molecule has 4 rings (SSSR count). The van der Waals surface area contributed by atoms with Gasteiger partial charge in [-0.25, -0.2) is 0 Å². The smallest absolute Gasteiger partial charge is 0.300 e. The van der Waals surface area contributed by atoms with E-state index in [1.54, 1.807) is 48.5 Å². The number of benzene rings is 3. The van der Waals surface area contributed by atoms with Crippen LogP contribution in [0.4, 0.5) is 5.69 Å². The first-order valence-corrected chi connectivity index (χ1v) is 11.7. The second-order valence-electron chi connectivity index (χ2n) is 8.43. The summed E-state index contributed by atoms with van der Waals surface area (Å²) in [6.45, 7) is 3.85. The first-order valence-electron chi connectivity index (χ1n) is 11.3. The van der Waals surface area contributed by atoms with Crippen LogP contribution in [0.1, 0.15) is 31.0 Å². The van der Waals surface area contributed by atoms with Gasteiger partial charge in [-0.05, 0) is 49.7 Å². The third-order valence-electron chi connectivity index (χ3n) is 5.78. The van der Waals surface area contributed by atoms with Crippen LogP contribution in [0, 0.1) is 0 Å². The van der Waals surface area contributed by atoms with Crippen molar-refractivity contribution in [3.63, 3.8) is 0 Å². The zero-order valence-corrected chi connectivity index (χ0v) is 21.1. The van der Waals surface area contributed by atoms with Gasteiger partial charge in [-0.15, -0.1) is 0 Å². The minimum absolute atomic E-state index is 0.0156. The van der Waals surface area contributed by atoms with E-state index < -0.39 is 23.5 Å². The van der Waals surface area contributed by atoms with Gasteiger partial charge in [0.1, 0.15) is 23.0 Å². The number of anilines is 1. The molecule has 1 heterocycles. The predicted octanol–water partition coefficient (Wildman–Crippen LogP) is 5.77. The maximum atomic E-state index is 13.4. The van der Waals surface area contributed by atoms with Crippen molar-refractivity contribution in [3.8, 4) is 17.2 Å². The number of ether oxygens (including phenoxy) is 3. The summed E-state index contributed by atoms with van der Waals surface area (Å²) >= 11 is 6.23. The van der Waals surface area contributed by atoms with E-state index in [4.69, 9.17) is 25.8 Å². The van der Waals surface area contributed by atoms with Gasteiger partial charge in [0.25, 0.3) is 11.7 Å². The Labute approximate surface area is 214 Å². The summed E-state index contributed by atoms with van der Waals surface area (Å²) in [6.07, 6.45) is -0.0156. The van der Waals surface area contributed by atoms with E-state index in [-0.39, 0.29) is 33.8 Å². The highest BCUT2D eigenvalue weighted by Crippen LogP contribution is 2.44. The second-order valence-corrected chi connectivity index (χ2v) is 8.83. The molecule has 1 fully saturated rings. The first-order chi connectivity index (χ1) is 17.3. The molecule has 186 valence electrons. The van der Waals surface area contributed by atoms with E-state index in [0.717, 1.165) is 0 Å². The standard InChI is InChI=1S/C28H26ClNO6/c1-16(2)36-19-12-10-17(11-13-19)25-24(27(32)28(33)30(25)18-8-6-5-7-9-18)26(31)20-14-23(35-4)21(29)15-22(20)34-3/h5-16,25,31H,1-4H3/b26-24+. The topological polar surface area (TPSA) is 85.3 Å². The van der Waals surface area contributed by atoms with Gasteiger partial charge in [-0.2, -0.15) is 0 Å². The van der Waals surface area contributed by atoms with Crippen LogP contribution in [0.15, 0.2) is 72.3 Å². The molecule has 1 atom stereocenters. The van der Waals surface area contributed by atoms with Gasteiger partial charge in [-0.3, -0.25) is 14.5 Å². The largest absolute Gasteiger partial charge is 0.507 e. The number of nitrogens with zero attached hydrogens (tertiary/aromatic N) is 1. The average Bonchev–Trinajstić information content (AvgIpc) is 3.14. The van der Waals surface area contributed by atoms with E-state index in [1.807, 2.05) is 19.9 Å². The van der Waals surface area contributed by atoms with E-state index in [2.05, 4.69) is 0 Å². The van der Waals surface area contributed by atoms with Crippen molar-refractivity contribution in [1.82, 2.24) is 0 Å². The highest BCUT2D eigenvalue weighted by Gasteiger charge is 2.47. The number of hydrogen-bond donors (Lipinski definition) is 1. The number of para-hydroxylation sites is 1. The Kier molecular flexibility index (Phi) is 7.22. The van der Waals surface area contributed by atoms with Crippen molar-refractivity contribution < 1.29 is 28.9 Å². The van der Waals surface area contributed by atoms with Crippen LogP contribution in [0.2, 0.25) is 5.02 Å². The summed E-state index contributed by atoms with van der Waals surface area (Å²) < 4.78 is 16.5. The molecular weight excluding hydrogens is 482 g/mol. The van der Waals surface area contributed by atoms with Gasteiger partial charge in [-0.1, -0.05) is 41.9 Å². The van der Waals surface area contributed by atoms with Crippen molar-refractivity contribution in [3.05, 3.63) is 88.5 Å². The number of hydrogen-bond acceptors (Lipinski definition) is 6. The lowest BCUT2D eigenvalue weighted by atomic mass is 9.94. The van der Waals surface area contributed by atoms with Gasteiger partial charge < -0.3 is 19.3 Å². The third-order valence-corrected chi connectivity index (χ3v) is 6.07. The van der Waals surface area contributed by atoms with E-state index in [9.17, 15) is 14.7 Å². The molecule has 1 aliphatic rings. The highest BCUT2D eigenvalue weighted by atomic mass is 35.5. The Bertz CT molecular complexity index is 1320. The molecule has 7 nitrogen and oxygen atoms in total. The number of carbonyl (C=O) groups excluding carboxylic acids is 2. The number of halogens is 1. The quantitative estimate of drug-likeness (QED) is 0.248. The molecule has 3 aromatic rings. The average molecular weight is 508 g/mol. The highest BCUT2D eigenvalue weighted by molar-refractivity contribution is 6.51. The molecular formula is C28H26ClNO6. The molecule has 1 aliphatic heterocycles. The molecule has 0 spiro atoms. The van der Waals surface area contributed by atoms with Crippen LogP contribution in [0.5, 0.6) is 17.2 Å². The molecule has 0 aromatic heterocycles. The normalized spacial score (nSPS) is 16.9. The Morgan fingerprint density at radius 1 is 0.944 bits per heavy atom. The number of amides is 1. The molecule has 0 bridgehead atoms. The zero-order valence-electron chi connectivity index (χ0n) is 20.3. The number of Topliss-reactive ketones (excluding diaryl/α,β-unsaturated/α-hetero) is 1. The third kappa shape index (κ3) is 4.62. The lowest BCUT2D eigenvalue weighted by Crippen LogP contribution is -2.29. The monoisotopic (exact) mass is 507 g/mol. The summed E-state index contributed by atoms with van der Waals surface area (Å²) in [7, 11) is 2.86. The van der Waals surface area contributed by atoms with Crippen molar-refractivity contribution >= 4 is 34.7 Å². The molecule has 36 heavy (non-hydrogen) atoms. The fourth-order valence-electron chi connectivity index (χ4n) is 4.19. The first kappa shape index (κ1) is 25.1. The van der Waals surface area contributed by atoms with Crippen LogP contribution in [0.25, 0.3) is 5.76 Å². The minimum Gasteiger partial charge on any atom is -0.507 e. The van der Waals surface area contributed by atoms with Gasteiger partial charge in [0.2, 0.25) is 0 Å². The van der Waals surface area contributed by atoms with Crippen LogP contribution in [-0.2, 0) is 9.59 Å². The van der Waals surface area contributed by atoms with Crippen LogP contribution in [0.3, 0.4) is 0 Å². The SMILES string of the molecule is COc1cc(/C(O)=C2\C(=O)C(=O)N(c3ccccc3)C2c2ccc(OC(C)C)cc2)c(OC)cc1Cl. The van der Waals surface area contributed by atoms with Crippen molar-refractivity contribution in [2.24, 2.45) is 0 Å². The molecule has 3 aromatic carbocycles. The van der Waals surface area contributed by atoms with Crippen molar-refractivity contribution in [2.45, 2.75) is 26.0 Å². The number of aliphatic hydroxyl groups is 1. The molecule has 1 saturated heterocycles. The fourth-order valence-corrected chi connectivity index (χ4v) is 4.43. The number of carbonyl (C=O) groups is 2. The maximum Gasteiger partial charge on any atom is 0.300 e. The summed E-state index contributed by atoms with van der Waals surface area (Å²) in [6, 6.07) is 18.0. The number of aliphatic hydroxyl groups excluding tert-OH is 1. The van der Waals surface area contributed by atoms with Crippen molar-refractivity contribution in [1.29, 1.82) is 0 Å². The van der Waals surface area contributed by atoms with E-state index in [0.29, 0.717) is 17.0 Å². The van der Waals surface area contributed by atoms with E-state index in [1.165, 1.54) is 31.3 Å². The van der Waals surface area contributed by atoms with Crippen LogP contribution >= 0.6 is 11.6 Å². The summed E-state index contributed by atoms with van der Waals surface area (Å²) in [5, 5.41) is 11.7. The number of ketones is 1. The van der Waals surface area contributed by atoms with Crippen LogP contribution < -0.4 is 19.1 Å². The second kappa shape index (κ2) is 10.3. The molecule has 1 unspecified atom stereocenters. The summed E-state index contributed by atoms with van der Waals surface area (Å²) in [5.41, 5.74) is 1.24. The zero-order chi connectivity index (χ0) is 26.0. The Morgan fingerprint density at radius 2 is 1.58 bits per heavy atom. The van der Waals surface area contributed by atoms with Gasteiger partial charge in [0.15, 0.2) is 0 Å². The molecule has 0 radical (unpaired) electrons. The Morgan fingerprint density at radius 3 is 2.17 bits per heavy atom. The Balaban J connectivity index is 1.94. The summed E-state index contributed by atoms with van der Waals surface area (Å²) in [4.78, 5) is 28.1. The predicted molar refractivity (Wildman–Crippen MR) is 138 cm³/mol. The fraction of sp³-hybridized carbons (Fsp3) is 0.214. The molecule has 8 heteroatoms. The van der Waals surface area contributed by atoms with Crippen molar-refractivity contribution in [2.75, 3.05) is 19.1 Å². The lowest BCUT2D eigenvalue weighted by molar-refractivity contribution is -0.132. The molecule has 1 N–H and O–H groups in total. The number of methoxy groups -OCH3 is 2.